The first kappa shape index (κ1) is 35.6. The molecule has 7 heteroatoms. The van der Waals surface area contributed by atoms with Crippen molar-refractivity contribution in [2.75, 3.05) is 13.2 Å². The molecule has 0 spiro atoms. The fourth-order valence-electron chi connectivity index (χ4n) is 6.87. The molecular weight excluding hydrogens is 647 g/mol. The zero-order valence-corrected chi connectivity index (χ0v) is 32.2. The standard InChI is InChI=1S/C44H55N3O3Si/c1-43(2,3)51(4,5)49-33-36-19-14-20-37(29-36)42-39-30-38(22-23-40(39)47(45-42)41-21-12-13-28-48-41)50-44(24-25-44)26-27-46(31-34-15-8-6-9-16-34)32-35-17-10-7-11-18-35/h6-11,14-20,22-23,29-30,41H,12-13,21,24-28,31-33H2,1-5H3. The van der Waals surface area contributed by atoms with E-state index in [1.54, 1.807) is 0 Å². The van der Waals surface area contributed by atoms with Crippen LogP contribution < -0.4 is 4.74 Å². The third-order valence-electron chi connectivity index (χ3n) is 11.2. The second-order valence-electron chi connectivity index (χ2n) is 16.3. The minimum Gasteiger partial charge on any atom is -0.487 e. The van der Waals surface area contributed by atoms with Crippen molar-refractivity contribution < 1.29 is 13.9 Å². The molecule has 2 aliphatic rings. The molecule has 0 amide bonds. The van der Waals surface area contributed by atoms with E-state index in [1.165, 1.54) is 16.7 Å². The molecule has 0 bridgehead atoms. The SMILES string of the molecule is CC(C)(C)[Si](C)(C)OCc1cccc(-c2nn(C3CCCCO3)c3ccc(OC4(CCN(Cc5ccccc5)Cc5ccccc5)CC4)cc23)c1. The van der Waals surface area contributed by atoms with Crippen LogP contribution in [0.5, 0.6) is 5.75 Å². The molecule has 1 aromatic heterocycles. The van der Waals surface area contributed by atoms with E-state index < -0.39 is 8.32 Å². The van der Waals surface area contributed by atoms with Gasteiger partial charge in [-0.3, -0.25) is 4.90 Å². The van der Waals surface area contributed by atoms with Crippen LogP contribution in [0.15, 0.2) is 103 Å². The van der Waals surface area contributed by atoms with Crippen molar-refractivity contribution in [1.29, 1.82) is 0 Å². The summed E-state index contributed by atoms with van der Waals surface area (Å²) in [6.07, 6.45) is 6.32. The fraction of sp³-hybridized carbons (Fsp3) is 0.432. The van der Waals surface area contributed by atoms with Crippen LogP contribution in [-0.2, 0) is 28.9 Å². The Bertz CT molecular complexity index is 1850. The van der Waals surface area contributed by atoms with Crippen LogP contribution in [-0.4, -0.2) is 41.8 Å². The van der Waals surface area contributed by atoms with Crippen LogP contribution in [0.3, 0.4) is 0 Å². The normalized spacial score (nSPS) is 17.6. The van der Waals surface area contributed by atoms with E-state index in [9.17, 15) is 0 Å². The number of hydrogen-bond acceptors (Lipinski definition) is 5. The summed E-state index contributed by atoms with van der Waals surface area (Å²) in [4.78, 5) is 2.56. The molecule has 7 rings (SSSR count). The lowest BCUT2D eigenvalue weighted by Crippen LogP contribution is -2.40. The van der Waals surface area contributed by atoms with Crippen molar-refractivity contribution in [3.8, 4) is 17.0 Å². The molecule has 1 unspecified atom stereocenters. The van der Waals surface area contributed by atoms with E-state index in [0.717, 1.165) is 92.7 Å². The quantitative estimate of drug-likeness (QED) is 0.108. The second kappa shape index (κ2) is 15.1. The van der Waals surface area contributed by atoms with E-state index in [1.807, 2.05) is 0 Å². The first-order valence-electron chi connectivity index (χ1n) is 18.9. The molecule has 1 saturated heterocycles. The van der Waals surface area contributed by atoms with Crippen molar-refractivity contribution in [3.63, 3.8) is 0 Å². The first-order valence-corrected chi connectivity index (χ1v) is 21.8. The smallest absolute Gasteiger partial charge is 0.192 e. The highest BCUT2D eigenvalue weighted by Gasteiger charge is 2.45. The van der Waals surface area contributed by atoms with Gasteiger partial charge in [-0.1, -0.05) is 99.6 Å². The monoisotopic (exact) mass is 701 g/mol. The lowest BCUT2D eigenvalue weighted by atomic mass is 10.0. The van der Waals surface area contributed by atoms with E-state index in [0.29, 0.717) is 6.61 Å². The fourth-order valence-corrected chi connectivity index (χ4v) is 7.83. The van der Waals surface area contributed by atoms with Gasteiger partial charge in [-0.15, -0.1) is 0 Å². The molecule has 1 saturated carbocycles. The Balaban J connectivity index is 1.13. The van der Waals surface area contributed by atoms with Crippen molar-refractivity contribution in [3.05, 3.63) is 120 Å². The van der Waals surface area contributed by atoms with Gasteiger partial charge in [0.15, 0.2) is 14.5 Å². The Hall–Kier alpha value is -3.75. The molecule has 1 aliphatic carbocycles. The Morgan fingerprint density at radius 3 is 2.16 bits per heavy atom. The minimum absolute atomic E-state index is 0.0538. The first-order chi connectivity index (χ1) is 24.6. The summed E-state index contributed by atoms with van der Waals surface area (Å²) in [6.45, 7) is 15.7. The average molecular weight is 702 g/mol. The van der Waals surface area contributed by atoms with Gasteiger partial charge in [-0.25, -0.2) is 4.68 Å². The molecule has 51 heavy (non-hydrogen) atoms. The van der Waals surface area contributed by atoms with Gasteiger partial charge in [0.2, 0.25) is 0 Å². The number of ether oxygens (including phenoxy) is 2. The Kier molecular flexibility index (Phi) is 10.5. The van der Waals surface area contributed by atoms with Gasteiger partial charge in [-0.2, -0.15) is 5.10 Å². The highest BCUT2D eigenvalue weighted by Crippen LogP contribution is 2.45. The maximum Gasteiger partial charge on any atom is 0.192 e. The van der Waals surface area contributed by atoms with Crippen LogP contribution in [0.2, 0.25) is 18.1 Å². The summed E-state index contributed by atoms with van der Waals surface area (Å²) in [7, 11) is -1.88. The van der Waals surface area contributed by atoms with E-state index >= 15 is 0 Å². The molecule has 0 radical (unpaired) electrons. The number of aromatic nitrogens is 2. The Labute approximate surface area is 305 Å². The van der Waals surface area contributed by atoms with Gasteiger partial charge in [0.1, 0.15) is 17.0 Å². The van der Waals surface area contributed by atoms with Crippen molar-refractivity contribution in [2.24, 2.45) is 0 Å². The molecule has 2 heterocycles. The van der Waals surface area contributed by atoms with Crippen LogP contribution in [0.4, 0.5) is 0 Å². The summed E-state index contributed by atoms with van der Waals surface area (Å²) in [5.41, 5.74) is 6.88. The van der Waals surface area contributed by atoms with Crippen LogP contribution >= 0.6 is 0 Å². The lowest BCUT2D eigenvalue weighted by Gasteiger charge is -2.36. The Morgan fingerprint density at radius 1 is 0.843 bits per heavy atom. The second-order valence-corrected chi connectivity index (χ2v) is 21.1. The van der Waals surface area contributed by atoms with E-state index in [2.05, 4.69) is 147 Å². The number of hydrogen-bond donors (Lipinski definition) is 0. The molecular formula is C44H55N3O3Si. The summed E-state index contributed by atoms with van der Waals surface area (Å²) < 4.78 is 21.9. The highest BCUT2D eigenvalue weighted by atomic mass is 28.4. The van der Waals surface area contributed by atoms with Crippen LogP contribution in [0, 0.1) is 0 Å². The predicted molar refractivity (Wildman–Crippen MR) is 210 cm³/mol. The molecule has 1 atom stereocenters. The molecule has 6 nitrogen and oxygen atoms in total. The van der Waals surface area contributed by atoms with Gasteiger partial charge < -0.3 is 13.9 Å². The topological polar surface area (TPSA) is 48.8 Å². The average Bonchev–Trinajstić information content (AvgIpc) is 3.80. The maximum absolute atomic E-state index is 6.94. The third kappa shape index (κ3) is 8.66. The van der Waals surface area contributed by atoms with Gasteiger partial charge >= 0.3 is 0 Å². The molecule has 268 valence electrons. The van der Waals surface area contributed by atoms with Crippen LogP contribution in [0.1, 0.15) is 82.2 Å². The number of rotatable bonds is 14. The summed E-state index contributed by atoms with van der Waals surface area (Å²) >= 11 is 0. The maximum atomic E-state index is 6.94. The number of fused-ring (bicyclic) bond motifs is 1. The molecule has 1 aliphatic heterocycles. The molecule has 5 aromatic rings. The van der Waals surface area contributed by atoms with E-state index in [-0.39, 0.29) is 16.9 Å². The summed E-state index contributed by atoms with van der Waals surface area (Å²) in [5.74, 6) is 0.917. The zero-order valence-electron chi connectivity index (χ0n) is 31.2. The van der Waals surface area contributed by atoms with Gasteiger partial charge in [0.05, 0.1) is 12.1 Å². The predicted octanol–water partition coefficient (Wildman–Crippen LogP) is 10.9. The van der Waals surface area contributed by atoms with Crippen molar-refractivity contribution in [2.45, 2.75) is 109 Å². The van der Waals surface area contributed by atoms with E-state index in [4.69, 9.17) is 19.0 Å². The zero-order chi connectivity index (χ0) is 35.5. The molecule has 2 fully saturated rings. The largest absolute Gasteiger partial charge is 0.487 e. The lowest BCUT2D eigenvalue weighted by molar-refractivity contribution is -0.0365. The summed E-state index contributed by atoms with van der Waals surface area (Å²) in [6, 6.07) is 36.9. The third-order valence-corrected chi connectivity index (χ3v) is 15.7. The molecule has 0 N–H and O–H groups in total. The highest BCUT2D eigenvalue weighted by molar-refractivity contribution is 6.74. The van der Waals surface area contributed by atoms with Crippen molar-refractivity contribution in [1.82, 2.24) is 14.7 Å². The van der Waals surface area contributed by atoms with Crippen LogP contribution in [0.25, 0.3) is 22.2 Å². The molecule has 4 aromatic carbocycles. The Morgan fingerprint density at radius 2 is 1.53 bits per heavy atom. The van der Waals surface area contributed by atoms with Gasteiger partial charge in [-0.05, 0) is 97.6 Å². The summed E-state index contributed by atoms with van der Waals surface area (Å²) in [5, 5.41) is 6.53. The van der Waals surface area contributed by atoms with Gasteiger partial charge in [0, 0.05) is 37.2 Å². The minimum atomic E-state index is -1.88. The van der Waals surface area contributed by atoms with Crippen molar-refractivity contribution >= 4 is 19.2 Å². The number of benzene rings is 4. The number of nitrogens with zero attached hydrogens (tertiary/aromatic N) is 3. The van der Waals surface area contributed by atoms with Gasteiger partial charge in [0.25, 0.3) is 0 Å².